The summed E-state index contributed by atoms with van der Waals surface area (Å²) in [6.45, 7) is 7.29. The van der Waals surface area contributed by atoms with Gasteiger partial charge >= 0.3 is 0 Å². The van der Waals surface area contributed by atoms with Gasteiger partial charge in [0.2, 0.25) is 5.95 Å². The van der Waals surface area contributed by atoms with Gasteiger partial charge in [-0.2, -0.15) is 0 Å². The Hall–Kier alpha value is -2.02. The highest BCUT2D eigenvalue weighted by atomic mass is 16.3. The van der Waals surface area contributed by atoms with Crippen LogP contribution < -0.4 is 4.90 Å². The fourth-order valence-corrected chi connectivity index (χ4v) is 2.75. The van der Waals surface area contributed by atoms with Crippen molar-refractivity contribution in [3.05, 3.63) is 29.8 Å². The molecule has 0 amide bonds. The predicted octanol–water partition coefficient (Wildman–Crippen LogP) is 1.45. The Kier molecular flexibility index (Phi) is 3.82. The van der Waals surface area contributed by atoms with Gasteiger partial charge in [0.05, 0.1) is 12.7 Å². The fraction of sp³-hybridized carbons (Fsp3) is 0.600. The Bertz CT molecular complexity index is 655. The number of β-amino-alcohol motifs (C(OH)–C–C–N with tert-alkyl or cyclic N) is 1. The summed E-state index contributed by atoms with van der Waals surface area (Å²) in [6.07, 6.45) is 5.13. The molecule has 1 aliphatic heterocycles. The molecule has 0 bridgehead atoms. The SMILES string of the molecule is Cc1ccnc(N2CCC[C@](O)(c3cn(C(C)C)nn3)C2)n1. The number of aliphatic hydroxyl groups is 1. The van der Waals surface area contributed by atoms with Crippen LogP contribution in [0.4, 0.5) is 5.95 Å². The van der Waals surface area contributed by atoms with E-state index in [1.807, 2.05) is 37.9 Å². The van der Waals surface area contributed by atoms with Gasteiger partial charge in [-0.3, -0.25) is 0 Å². The quantitative estimate of drug-likeness (QED) is 0.924. The summed E-state index contributed by atoms with van der Waals surface area (Å²) in [5.41, 5.74) is 0.543. The lowest BCUT2D eigenvalue weighted by atomic mass is 9.90. The zero-order valence-electron chi connectivity index (χ0n) is 13.3. The maximum atomic E-state index is 11.0. The van der Waals surface area contributed by atoms with Gasteiger partial charge in [-0.05, 0) is 39.7 Å². The van der Waals surface area contributed by atoms with Crippen LogP contribution in [0.5, 0.6) is 0 Å². The van der Waals surface area contributed by atoms with E-state index >= 15 is 0 Å². The monoisotopic (exact) mass is 302 g/mol. The van der Waals surface area contributed by atoms with Gasteiger partial charge in [0.15, 0.2) is 0 Å². The molecule has 22 heavy (non-hydrogen) atoms. The summed E-state index contributed by atoms with van der Waals surface area (Å²) in [7, 11) is 0. The maximum absolute atomic E-state index is 11.0. The average molecular weight is 302 g/mol. The number of hydrogen-bond acceptors (Lipinski definition) is 6. The minimum absolute atomic E-state index is 0.227. The summed E-state index contributed by atoms with van der Waals surface area (Å²) in [5.74, 6) is 0.661. The second-order valence-electron chi connectivity index (χ2n) is 6.23. The molecule has 2 aromatic heterocycles. The fourth-order valence-electron chi connectivity index (χ4n) is 2.75. The van der Waals surface area contributed by atoms with Crippen molar-refractivity contribution in [2.24, 2.45) is 0 Å². The minimum atomic E-state index is -1.00. The molecule has 3 rings (SSSR count). The first-order valence-corrected chi connectivity index (χ1v) is 7.67. The number of rotatable bonds is 3. The van der Waals surface area contributed by atoms with Crippen molar-refractivity contribution in [3.8, 4) is 0 Å². The van der Waals surface area contributed by atoms with Crippen molar-refractivity contribution in [1.82, 2.24) is 25.0 Å². The molecular formula is C15H22N6O. The molecule has 0 spiro atoms. The van der Waals surface area contributed by atoms with Crippen molar-refractivity contribution < 1.29 is 5.11 Å². The summed E-state index contributed by atoms with van der Waals surface area (Å²) in [6, 6.07) is 2.10. The topological polar surface area (TPSA) is 80.0 Å². The molecule has 1 aliphatic rings. The number of piperidine rings is 1. The van der Waals surface area contributed by atoms with Crippen LogP contribution in [0.3, 0.4) is 0 Å². The van der Waals surface area contributed by atoms with Crippen LogP contribution in [-0.2, 0) is 5.60 Å². The van der Waals surface area contributed by atoms with Crippen molar-refractivity contribution in [2.75, 3.05) is 18.0 Å². The van der Waals surface area contributed by atoms with E-state index in [2.05, 4.69) is 20.3 Å². The van der Waals surface area contributed by atoms with Crippen LogP contribution in [0.2, 0.25) is 0 Å². The Morgan fingerprint density at radius 2 is 2.18 bits per heavy atom. The van der Waals surface area contributed by atoms with Gasteiger partial charge in [-0.1, -0.05) is 5.21 Å². The number of aryl methyl sites for hydroxylation is 1. The van der Waals surface area contributed by atoms with Crippen LogP contribution in [0.25, 0.3) is 0 Å². The largest absolute Gasteiger partial charge is 0.382 e. The molecule has 0 aromatic carbocycles. The third-order valence-corrected chi connectivity index (χ3v) is 4.05. The summed E-state index contributed by atoms with van der Waals surface area (Å²) >= 11 is 0. The van der Waals surface area contributed by atoms with Gasteiger partial charge in [-0.25, -0.2) is 14.6 Å². The Morgan fingerprint density at radius 1 is 1.36 bits per heavy atom. The van der Waals surface area contributed by atoms with E-state index < -0.39 is 5.60 Å². The third-order valence-electron chi connectivity index (χ3n) is 4.05. The second-order valence-corrected chi connectivity index (χ2v) is 6.23. The summed E-state index contributed by atoms with van der Waals surface area (Å²) in [5, 5.41) is 19.3. The van der Waals surface area contributed by atoms with Gasteiger partial charge < -0.3 is 10.0 Å². The van der Waals surface area contributed by atoms with E-state index in [9.17, 15) is 5.11 Å². The van der Waals surface area contributed by atoms with Crippen molar-refractivity contribution in [3.63, 3.8) is 0 Å². The third kappa shape index (κ3) is 2.81. The van der Waals surface area contributed by atoms with Crippen LogP contribution >= 0.6 is 0 Å². The molecule has 0 saturated carbocycles. The van der Waals surface area contributed by atoms with Gasteiger partial charge in [0.25, 0.3) is 0 Å². The molecule has 0 aliphatic carbocycles. The maximum Gasteiger partial charge on any atom is 0.225 e. The van der Waals surface area contributed by atoms with E-state index in [1.165, 1.54) is 0 Å². The van der Waals surface area contributed by atoms with E-state index in [1.54, 1.807) is 10.9 Å². The highest BCUT2D eigenvalue weighted by Crippen LogP contribution is 2.31. The summed E-state index contributed by atoms with van der Waals surface area (Å²) < 4.78 is 1.77. The molecule has 1 atom stereocenters. The van der Waals surface area contributed by atoms with Crippen molar-refractivity contribution in [1.29, 1.82) is 0 Å². The van der Waals surface area contributed by atoms with Gasteiger partial charge in [0.1, 0.15) is 11.3 Å². The lowest BCUT2D eigenvalue weighted by Crippen LogP contribution is -2.47. The van der Waals surface area contributed by atoms with Gasteiger partial charge in [-0.15, -0.1) is 5.10 Å². The number of hydrogen-bond donors (Lipinski definition) is 1. The van der Waals surface area contributed by atoms with Crippen LogP contribution in [0.1, 0.15) is 44.1 Å². The first-order chi connectivity index (χ1) is 10.5. The number of nitrogens with zero attached hydrogens (tertiary/aromatic N) is 6. The lowest BCUT2D eigenvalue weighted by molar-refractivity contribution is 0.0172. The highest BCUT2D eigenvalue weighted by Gasteiger charge is 2.38. The van der Waals surface area contributed by atoms with E-state index in [0.29, 0.717) is 24.6 Å². The van der Waals surface area contributed by atoms with E-state index in [0.717, 1.165) is 18.7 Å². The highest BCUT2D eigenvalue weighted by molar-refractivity contribution is 5.33. The Morgan fingerprint density at radius 3 is 2.86 bits per heavy atom. The molecule has 1 saturated heterocycles. The first-order valence-electron chi connectivity index (χ1n) is 7.67. The normalized spacial score (nSPS) is 22.3. The lowest BCUT2D eigenvalue weighted by Gasteiger charge is -2.37. The molecule has 7 nitrogen and oxygen atoms in total. The van der Waals surface area contributed by atoms with E-state index in [-0.39, 0.29) is 6.04 Å². The second kappa shape index (κ2) is 5.64. The van der Waals surface area contributed by atoms with E-state index in [4.69, 9.17) is 0 Å². The van der Waals surface area contributed by atoms with Crippen molar-refractivity contribution >= 4 is 5.95 Å². The molecule has 118 valence electrons. The molecule has 0 unspecified atom stereocenters. The molecule has 2 aromatic rings. The Labute approximate surface area is 130 Å². The number of anilines is 1. The summed E-state index contributed by atoms with van der Waals surface area (Å²) in [4.78, 5) is 10.8. The standard InChI is InChI=1S/C15H22N6O/c1-11(2)21-9-13(18-19-21)15(22)6-4-8-20(10-15)14-16-7-5-12(3)17-14/h5,7,9,11,22H,4,6,8,10H2,1-3H3/t15-/m1/s1. The molecule has 7 heteroatoms. The zero-order valence-corrected chi connectivity index (χ0v) is 13.3. The smallest absolute Gasteiger partial charge is 0.225 e. The Balaban J connectivity index is 1.84. The zero-order chi connectivity index (χ0) is 15.7. The molecular weight excluding hydrogens is 280 g/mol. The first kappa shape index (κ1) is 14.9. The van der Waals surface area contributed by atoms with Crippen molar-refractivity contribution in [2.45, 2.75) is 45.3 Å². The molecule has 3 heterocycles. The average Bonchev–Trinajstić information content (AvgIpc) is 2.98. The van der Waals surface area contributed by atoms with Crippen LogP contribution in [-0.4, -0.2) is 43.2 Å². The number of aromatic nitrogens is 5. The molecule has 1 fully saturated rings. The van der Waals surface area contributed by atoms with Crippen LogP contribution in [0.15, 0.2) is 18.5 Å². The molecule has 1 N–H and O–H groups in total. The molecule has 0 radical (unpaired) electrons. The van der Waals surface area contributed by atoms with Gasteiger partial charge in [0, 0.05) is 24.5 Å². The van der Waals surface area contributed by atoms with Crippen LogP contribution in [0, 0.1) is 6.92 Å². The predicted molar refractivity (Wildman–Crippen MR) is 82.5 cm³/mol. The minimum Gasteiger partial charge on any atom is -0.382 e.